The monoisotopic (exact) mass is 375 g/mol. The molecule has 0 saturated carbocycles. The molecule has 1 atom stereocenters. The van der Waals surface area contributed by atoms with Crippen LogP contribution in [0.5, 0.6) is 0 Å². The molecule has 0 aliphatic heterocycles. The lowest BCUT2D eigenvalue weighted by molar-refractivity contribution is -0.137. The van der Waals surface area contributed by atoms with Crippen molar-refractivity contribution in [3.8, 4) is 0 Å². The number of carbonyl (C=O) groups is 1. The van der Waals surface area contributed by atoms with Gasteiger partial charge in [0.25, 0.3) is 0 Å². The molecule has 0 saturated heterocycles. The van der Waals surface area contributed by atoms with Gasteiger partial charge < -0.3 is 15.0 Å². The number of carboxylic acids is 1. The summed E-state index contributed by atoms with van der Waals surface area (Å²) in [5.74, 6) is -1.05. The fraction of sp³-hybridized carbons (Fsp3) is 0.294. The third kappa shape index (κ3) is 3.08. The zero-order chi connectivity index (χ0) is 18.3. The Bertz CT molecular complexity index is 989. The van der Waals surface area contributed by atoms with E-state index in [4.69, 9.17) is 11.6 Å². The SMILES string of the molecule is O=C(O)Cn1c2c(c3nc(F)ccc31)CC(Nc1ncc(Cl)cn1)CC2. The number of hydrogen-bond donors (Lipinski definition) is 2. The molecule has 0 spiro atoms. The van der Waals surface area contributed by atoms with Crippen LogP contribution in [0.1, 0.15) is 17.7 Å². The predicted molar refractivity (Wildman–Crippen MR) is 93.8 cm³/mol. The van der Waals surface area contributed by atoms with E-state index in [2.05, 4.69) is 20.3 Å². The van der Waals surface area contributed by atoms with E-state index < -0.39 is 11.9 Å². The van der Waals surface area contributed by atoms with Gasteiger partial charge in [-0.25, -0.2) is 15.0 Å². The zero-order valence-electron chi connectivity index (χ0n) is 13.6. The van der Waals surface area contributed by atoms with Gasteiger partial charge in [0.2, 0.25) is 11.9 Å². The summed E-state index contributed by atoms with van der Waals surface area (Å²) in [6, 6.07) is 2.88. The van der Waals surface area contributed by atoms with Crippen molar-refractivity contribution in [3.63, 3.8) is 0 Å². The molecule has 0 amide bonds. The number of halogens is 2. The number of aliphatic carboxylic acids is 1. The summed E-state index contributed by atoms with van der Waals surface area (Å²) in [5, 5.41) is 12.9. The Kier molecular flexibility index (Phi) is 4.20. The largest absolute Gasteiger partial charge is 0.480 e. The van der Waals surface area contributed by atoms with Gasteiger partial charge in [0.05, 0.1) is 28.4 Å². The smallest absolute Gasteiger partial charge is 0.323 e. The first-order valence-corrected chi connectivity index (χ1v) is 8.51. The molecule has 3 aromatic heterocycles. The van der Waals surface area contributed by atoms with Crippen molar-refractivity contribution in [2.45, 2.75) is 31.8 Å². The second kappa shape index (κ2) is 6.53. The molecular weight excluding hydrogens is 361 g/mol. The Morgan fingerprint density at radius 2 is 2.15 bits per heavy atom. The van der Waals surface area contributed by atoms with E-state index in [1.807, 2.05) is 0 Å². The number of rotatable bonds is 4. The van der Waals surface area contributed by atoms with Gasteiger partial charge in [-0.3, -0.25) is 4.79 Å². The van der Waals surface area contributed by atoms with Gasteiger partial charge in [0, 0.05) is 17.3 Å². The van der Waals surface area contributed by atoms with Crippen molar-refractivity contribution >= 4 is 34.6 Å². The van der Waals surface area contributed by atoms with Crippen LogP contribution in [0.2, 0.25) is 5.02 Å². The first kappa shape index (κ1) is 16.7. The fourth-order valence-electron chi connectivity index (χ4n) is 3.48. The molecule has 0 radical (unpaired) electrons. The van der Waals surface area contributed by atoms with Gasteiger partial charge >= 0.3 is 5.97 Å². The Morgan fingerprint density at radius 1 is 1.38 bits per heavy atom. The molecule has 2 N–H and O–H groups in total. The van der Waals surface area contributed by atoms with Crippen LogP contribution >= 0.6 is 11.6 Å². The minimum atomic E-state index is -0.941. The Hall–Kier alpha value is -2.74. The molecule has 0 aromatic carbocycles. The number of fused-ring (bicyclic) bond motifs is 3. The number of carboxylic acid groups (broad SMARTS) is 1. The van der Waals surface area contributed by atoms with Crippen LogP contribution in [0.3, 0.4) is 0 Å². The highest BCUT2D eigenvalue weighted by atomic mass is 35.5. The summed E-state index contributed by atoms with van der Waals surface area (Å²) in [4.78, 5) is 23.5. The van der Waals surface area contributed by atoms with Crippen molar-refractivity contribution in [3.05, 3.63) is 46.8 Å². The molecule has 1 unspecified atom stereocenters. The van der Waals surface area contributed by atoms with Crippen molar-refractivity contribution < 1.29 is 14.3 Å². The van der Waals surface area contributed by atoms with E-state index >= 15 is 0 Å². The number of nitrogens with zero attached hydrogens (tertiary/aromatic N) is 4. The minimum absolute atomic E-state index is 0.0395. The molecular formula is C17H15ClFN5O2. The molecule has 0 fully saturated rings. The summed E-state index contributed by atoms with van der Waals surface area (Å²) in [7, 11) is 0. The molecule has 9 heteroatoms. The maximum absolute atomic E-state index is 13.7. The molecule has 3 heterocycles. The summed E-state index contributed by atoms with van der Waals surface area (Å²) in [6.07, 6.45) is 5.05. The second-order valence-corrected chi connectivity index (χ2v) is 6.65. The standard InChI is InChI=1S/C17H15ClFN5O2/c18-9-6-20-17(21-7-9)22-10-1-2-12-11(5-10)16-13(3-4-14(19)23-16)24(12)8-15(25)26/h3-4,6-7,10H,1-2,5,8H2,(H,25,26)(H,20,21,22). The average Bonchev–Trinajstić information content (AvgIpc) is 2.89. The van der Waals surface area contributed by atoms with Crippen LogP contribution < -0.4 is 5.32 Å². The molecule has 7 nitrogen and oxygen atoms in total. The molecule has 3 aromatic rings. The summed E-state index contributed by atoms with van der Waals surface area (Å²) < 4.78 is 15.4. The lowest BCUT2D eigenvalue weighted by atomic mass is 9.92. The van der Waals surface area contributed by atoms with E-state index in [0.717, 1.165) is 17.7 Å². The summed E-state index contributed by atoms with van der Waals surface area (Å²) >= 11 is 5.80. The number of pyridine rings is 1. The third-order valence-electron chi connectivity index (χ3n) is 4.52. The normalized spacial score (nSPS) is 16.5. The van der Waals surface area contributed by atoms with Crippen molar-refractivity contribution in [2.75, 3.05) is 5.32 Å². The maximum Gasteiger partial charge on any atom is 0.323 e. The quantitative estimate of drug-likeness (QED) is 0.681. The highest BCUT2D eigenvalue weighted by Gasteiger charge is 2.27. The van der Waals surface area contributed by atoms with Crippen LogP contribution in [0.4, 0.5) is 10.3 Å². The Labute approximate surface area is 152 Å². The highest BCUT2D eigenvalue weighted by molar-refractivity contribution is 6.30. The number of hydrogen-bond acceptors (Lipinski definition) is 5. The van der Waals surface area contributed by atoms with Gasteiger partial charge in [0.15, 0.2) is 0 Å². The van der Waals surface area contributed by atoms with E-state index in [0.29, 0.717) is 34.8 Å². The van der Waals surface area contributed by atoms with Gasteiger partial charge in [0.1, 0.15) is 6.54 Å². The lowest BCUT2D eigenvalue weighted by Crippen LogP contribution is -2.29. The first-order valence-electron chi connectivity index (χ1n) is 8.13. The van der Waals surface area contributed by atoms with E-state index in [9.17, 15) is 14.3 Å². The highest BCUT2D eigenvalue weighted by Crippen LogP contribution is 2.32. The van der Waals surface area contributed by atoms with Crippen LogP contribution in [-0.2, 0) is 24.2 Å². The third-order valence-corrected chi connectivity index (χ3v) is 4.71. The Balaban J connectivity index is 1.69. The topological polar surface area (TPSA) is 92.9 Å². The molecule has 26 heavy (non-hydrogen) atoms. The van der Waals surface area contributed by atoms with Crippen molar-refractivity contribution in [2.24, 2.45) is 0 Å². The van der Waals surface area contributed by atoms with Gasteiger partial charge in [-0.1, -0.05) is 11.6 Å². The minimum Gasteiger partial charge on any atom is -0.480 e. The number of nitrogens with one attached hydrogen (secondary N) is 1. The summed E-state index contributed by atoms with van der Waals surface area (Å²) in [5.41, 5.74) is 2.93. The maximum atomic E-state index is 13.7. The first-order chi connectivity index (χ1) is 12.5. The number of anilines is 1. The fourth-order valence-corrected chi connectivity index (χ4v) is 3.58. The van der Waals surface area contributed by atoms with Gasteiger partial charge in [-0.05, 0) is 31.4 Å². The summed E-state index contributed by atoms with van der Waals surface area (Å²) in [6.45, 7) is -0.169. The van der Waals surface area contributed by atoms with Crippen molar-refractivity contribution in [1.29, 1.82) is 0 Å². The van der Waals surface area contributed by atoms with E-state index in [1.54, 1.807) is 10.6 Å². The lowest BCUT2D eigenvalue weighted by Gasteiger charge is -2.24. The van der Waals surface area contributed by atoms with Crippen LogP contribution in [0.15, 0.2) is 24.5 Å². The molecule has 4 rings (SSSR count). The average molecular weight is 376 g/mol. The second-order valence-electron chi connectivity index (χ2n) is 6.22. The number of aromatic nitrogens is 4. The van der Waals surface area contributed by atoms with Crippen molar-refractivity contribution in [1.82, 2.24) is 19.5 Å². The predicted octanol–water partition coefficient (Wildman–Crippen LogP) is 2.67. The molecule has 134 valence electrons. The van der Waals surface area contributed by atoms with Crippen LogP contribution in [0, 0.1) is 5.95 Å². The molecule has 0 bridgehead atoms. The van der Waals surface area contributed by atoms with Gasteiger partial charge in [-0.2, -0.15) is 4.39 Å². The Morgan fingerprint density at radius 3 is 2.88 bits per heavy atom. The van der Waals surface area contributed by atoms with E-state index in [-0.39, 0.29) is 12.6 Å². The van der Waals surface area contributed by atoms with Crippen LogP contribution in [-0.4, -0.2) is 36.6 Å². The van der Waals surface area contributed by atoms with E-state index in [1.165, 1.54) is 18.5 Å². The zero-order valence-corrected chi connectivity index (χ0v) is 14.4. The molecule has 1 aliphatic rings. The van der Waals surface area contributed by atoms with Crippen LogP contribution in [0.25, 0.3) is 11.0 Å². The molecule has 1 aliphatic carbocycles. The van der Waals surface area contributed by atoms with Gasteiger partial charge in [-0.15, -0.1) is 0 Å².